The van der Waals surface area contributed by atoms with Crippen molar-refractivity contribution in [3.8, 4) is 0 Å². The third-order valence-electron chi connectivity index (χ3n) is 3.50. The first kappa shape index (κ1) is 16.5. The number of aromatic nitrogens is 1. The molecular weight excluding hydrogens is 294 g/mol. The number of amides is 2. The number of thiazole rings is 1. The molecule has 0 aliphatic heterocycles. The Morgan fingerprint density at radius 1 is 1.27 bits per heavy atom. The first-order valence-electron chi connectivity index (χ1n) is 7.51. The fourth-order valence-corrected chi connectivity index (χ4v) is 3.07. The number of rotatable bonds is 5. The van der Waals surface area contributed by atoms with Gasteiger partial charge in [-0.05, 0) is 25.0 Å². The number of aryl methyl sites for hydroxylation is 1. The minimum atomic E-state index is -0.171. The van der Waals surface area contributed by atoms with Crippen LogP contribution in [0.5, 0.6) is 0 Å². The van der Waals surface area contributed by atoms with Crippen molar-refractivity contribution in [1.82, 2.24) is 15.6 Å². The van der Waals surface area contributed by atoms with E-state index in [4.69, 9.17) is 0 Å². The molecule has 0 bridgehead atoms. The Kier molecular flexibility index (Phi) is 5.55. The van der Waals surface area contributed by atoms with Crippen LogP contribution in [-0.4, -0.2) is 11.0 Å². The van der Waals surface area contributed by atoms with Crippen molar-refractivity contribution in [1.29, 1.82) is 0 Å². The predicted octanol–water partition coefficient (Wildman–Crippen LogP) is 4.14. The van der Waals surface area contributed by atoms with E-state index in [0.29, 0.717) is 12.5 Å². The van der Waals surface area contributed by atoms with E-state index in [9.17, 15) is 4.79 Å². The standard InChI is InChI=1S/C17H23N3OS/c1-11(2)16-20-14(10-22-16)9-18-17(21)19-13(4)15-8-6-5-7-12(15)3/h5-8,10-11,13H,9H2,1-4H3,(H2,18,19,21). The van der Waals surface area contributed by atoms with Crippen LogP contribution in [0.4, 0.5) is 4.79 Å². The Bertz CT molecular complexity index is 636. The molecule has 0 saturated heterocycles. The van der Waals surface area contributed by atoms with E-state index in [-0.39, 0.29) is 12.1 Å². The number of urea groups is 1. The largest absolute Gasteiger partial charge is 0.332 e. The van der Waals surface area contributed by atoms with E-state index in [2.05, 4.69) is 29.5 Å². The maximum atomic E-state index is 12.0. The third kappa shape index (κ3) is 4.31. The van der Waals surface area contributed by atoms with Gasteiger partial charge < -0.3 is 10.6 Å². The molecule has 4 nitrogen and oxygen atoms in total. The van der Waals surface area contributed by atoms with Crippen molar-refractivity contribution >= 4 is 17.4 Å². The fraction of sp³-hybridized carbons (Fsp3) is 0.412. The molecular formula is C17H23N3OS. The van der Waals surface area contributed by atoms with Crippen molar-refractivity contribution in [2.24, 2.45) is 0 Å². The SMILES string of the molecule is Cc1ccccc1C(C)NC(=O)NCc1csc(C(C)C)n1. The monoisotopic (exact) mass is 317 g/mol. The normalized spacial score (nSPS) is 12.2. The maximum absolute atomic E-state index is 12.0. The van der Waals surface area contributed by atoms with Crippen LogP contribution in [0.2, 0.25) is 0 Å². The summed E-state index contributed by atoms with van der Waals surface area (Å²) in [5, 5.41) is 8.93. The highest BCUT2D eigenvalue weighted by Crippen LogP contribution is 2.19. The minimum Gasteiger partial charge on any atom is -0.332 e. The summed E-state index contributed by atoms with van der Waals surface area (Å²) in [7, 11) is 0. The van der Waals surface area contributed by atoms with Crippen LogP contribution in [-0.2, 0) is 6.54 Å². The second-order valence-corrected chi connectivity index (χ2v) is 6.63. The molecule has 1 unspecified atom stereocenters. The summed E-state index contributed by atoms with van der Waals surface area (Å²) < 4.78 is 0. The van der Waals surface area contributed by atoms with Gasteiger partial charge in [0, 0.05) is 11.3 Å². The molecule has 2 rings (SSSR count). The van der Waals surface area contributed by atoms with E-state index < -0.39 is 0 Å². The Hall–Kier alpha value is -1.88. The molecule has 0 saturated carbocycles. The van der Waals surface area contributed by atoms with Crippen molar-refractivity contribution < 1.29 is 4.79 Å². The summed E-state index contributed by atoms with van der Waals surface area (Å²) in [5.41, 5.74) is 3.22. The van der Waals surface area contributed by atoms with Crippen LogP contribution in [0.15, 0.2) is 29.6 Å². The molecule has 0 spiro atoms. The molecule has 1 aromatic carbocycles. The number of hydrogen-bond acceptors (Lipinski definition) is 3. The summed E-state index contributed by atoms with van der Waals surface area (Å²) >= 11 is 1.64. The predicted molar refractivity (Wildman–Crippen MR) is 91.2 cm³/mol. The molecule has 0 aliphatic rings. The van der Waals surface area contributed by atoms with Crippen molar-refractivity contribution in [3.05, 3.63) is 51.5 Å². The highest BCUT2D eigenvalue weighted by Gasteiger charge is 2.12. The van der Waals surface area contributed by atoms with Gasteiger partial charge >= 0.3 is 6.03 Å². The van der Waals surface area contributed by atoms with Gasteiger partial charge in [0.05, 0.1) is 23.3 Å². The second-order valence-electron chi connectivity index (χ2n) is 5.74. The maximum Gasteiger partial charge on any atom is 0.315 e. The summed E-state index contributed by atoms with van der Waals surface area (Å²) in [4.78, 5) is 16.5. The summed E-state index contributed by atoms with van der Waals surface area (Å²) in [6.07, 6.45) is 0. The van der Waals surface area contributed by atoms with Crippen molar-refractivity contribution in [2.75, 3.05) is 0 Å². The fourth-order valence-electron chi connectivity index (χ4n) is 2.24. The van der Waals surface area contributed by atoms with E-state index in [1.54, 1.807) is 11.3 Å². The molecule has 5 heteroatoms. The van der Waals surface area contributed by atoms with Crippen molar-refractivity contribution in [3.63, 3.8) is 0 Å². The van der Waals surface area contributed by atoms with E-state index in [1.165, 1.54) is 5.56 Å². The topological polar surface area (TPSA) is 54.0 Å². The van der Waals surface area contributed by atoms with Gasteiger partial charge in [-0.15, -0.1) is 11.3 Å². The Morgan fingerprint density at radius 2 is 2.00 bits per heavy atom. The molecule has 118 valence electrons. The van der Waals surface area contributed by atoms with Crippen LogP contribution in [0, 0.1) is 6.92 Å². The zero-order chi connectivity index (χ0) is 16.1. The van der Waals surface area contributed by atoms with Gasteiger partial charge in [0.1, 0.15) is 0 Å². The Morgan fingerprint density at radius 3 is 2.64 bits per heavy atom. The van der Waals surface area contributed by atoms with Crippen LogP contribution in [0.3, 0.4) is 0 Å². The molecule has 0 radical (unpaired) electrons. The molecule has 2 N–H and O–H groups in total. The molecule has 0 fully saturated rings. The molecule has 1 heterocycles. The summed E-state index contributed by atoms with van der Waals surface area (Å²) in [6, 6.07) is 7.88. The highest BCUT2D eigenvalue weighted by atomic mass is 32.1. The minimum absolute atomic E-state index is 0.0251. The first-order valence-corrected chi connectivity index (χ1v) is 8.39. The lowest BCUT2D eigenvalue weighted by Crippen LogP contribution is -2.36. The molecule has 1 atom stereocenters. The highest BCUT2D eigenvalue weighted by molar-refractivity contribution is 7.09. The van der Waals surface area contributed by atoms with Crippen LogP contribution >= 0.6 is 11.3 Å². The van der Waals surface area contributed by atoms with Crippen LogP contribution in [0.25, 0.3) is 0 Å². The quantitative estimate of drug-likeness (QED) is 0.871. The van der Waals surface area contributed by atoms with Gasteiger partial charge in [-0.1, -0.05) is 38.1 Å². The van der Waals surface area contributed by atoms with Gasteiger partial charge in [-0.25, -0.2) is 9.78 Å². The number of carbonyl (C=O) groups is 1. The van der Waals surface area contributed by atoms with Gasteiger partial charge in [-0.2, -0.15) is 0 Å². The third-order valence-corrected chi connectivity index (χ3v) is 4.69. The van der Waals surface area contributed by atoms with E-state index in [0.717, 1.165) is 16.3 Å². The second kappa shape index (κ2) is 7.40. The van der Waals surface area contributed by atoms with Gasteiger partial charge in [0.2, 0.25) is 0 Å². The Balaban J connectivity index is 1.86. The van der Waals surface area contributed by atoms with Gasteiger partial charge in [0.25, 0.3) is 0 Å². The van der Waals surface area contributed by atoms with Gasteiger partial charge in [0.15, 0.2) is 0 Å². The summed E-state index contributed by atoms with van der Waals surface area (Å²) in [5.74, 6) is 0.425. The smallest absolute Gasteiger partial charge is 0.315 e. The first-order chi connectivity index (χ1) is 10.5. The lowest BCUT2D eigenvalue weighted by Gasteiger charge is -2.16. The van der Waals surface area contributed by atoms with Crippen LogP contribution in [0.1, 0.15) is 54.6 Å². The zero-order valence-electron chi connectivity index (χ0n) is 13.5. The molecule has 0 aliphatic carbocycles. The zero-order valence-corrected chi connectivity index (χ0v) is 14.3. The van der Waals surface area contributed by atoms with Crippen molar-refractivity contribution in [2.45, 2.75) is 46.2 Å². The lowest BCUT2D eigenvalue weighted by atomic mass is 10.0. The molecule has 2 aromatic rings. The van der Waals surface area contributed by atoms with Crippen LogP contribution < -0.4 is 10.6 Å². The van der Waals surface area contributed by atoms with E-state index in [1.807, 2.05) is 43.5 Å². The van der Waals surface area contributed by atoms with Gasteiger partial charge in [-0.3, -0.25) is 0 Å². The Labute approximate surface area is 136 Å². The lowest BCUT2D eigenvalue weighted by molar-refractivity contribution is 0.237. The average molecular weight is 317 g/mol. The number of hydrogen-bond donors (Lipinski definition) is 2. The molecule has 2 amide bonds. The van der Waals surface area contributed by atoms with E-state index >= 15 is 0 Å². The molecule has 1 aromatic heterocycles. The number of nitrogens with zero attached hydrogens (tertiary/aromatic N) is 1. The average Bonchev–Trinajstić information content (AvgIpc) is 2.94. The summed E-state index contributed by atoms with van der Waals surface area (Å²) in [6.45, 7) is 8.73. The number of benzene rings is 1. The molecule has 22 heavy (non-hydrogen) atoms. The number of carbonyl (C=O) groups excluding carboxylic acids is 1. The number of nitrogens with one attached hydrogen (secondary N) is 2.